The second kappa shape index (κ2) is 5.55. The van der Waals surface area contributed by atoms with E-state index in [4.69, 9.17) is 21.6 Å². The second-order valence-corrected chi connectivity index (χ2v) is 4.16. The number of hydrogen-bond acceptors (Lipinski definition) is 5. The second-order valence-electron chi connectivity index (χ2n) is 3.77. The molecule has 0 spiro atoms. The molecule has 0 aliphatic carbocycles. The fourth-order valence-corrected chi connectivity index (χ4v) is 1.82. The Morgan fingerprint density at radius 1 is 1.32 bits per heavy atom. The Hall–Kier alpha value is -2.32. The van der Waals surface area contributed by atoms with Gasteiger partial charge >= 0.3 is 0 Å². The highest BCUT2D eigenvalue weighted by Crippen LogP contribution is 2.28. The SMILES string of the molecule is COc1cc(C#N)ccc1Nc1cc(Cl)nc(C)n1. The lowest BCUT2D eigenvalue weighted by atomic mass is 10.2. The molecule has 2 aromatic rings. The summed E-state index contributed by atoms with van der Waals surface area (Å²) in [6.45, 7) is 1.76. The molecule has 0 amide bonds. The van der Waals surface area contributed by atoms with Gasteiger partial charge in [0, 0.05) is 12.1 Å². The number of halogens is 1. The smallest absolute Gasteiger partial charge is 0.143 e. The molecule has 0 aliphatic rings. The van der Waals surface area contributed by atoms with Gasteiger partial charge in [-0.05, 0) is 19.1 Å². The topological polar surface area (TPSA) is 70.8 Å². The van der Waals surface area contributed by atoms with Gasteiger partial charge in [-0.25, -0.2) is 9.97 Å². The fraction of sp³-hybridized carbons (Fsp3) is 0.154. The highest BCUT2D eigenvalue weighted by atomic mass is 35.5. The van der Waals surface area contributed by atoms with E-state index in [2.05, 4.69) is 21.4 Å². The van der Waals surface area contributed by atoms with Crippen molar-refractivity contribution in [1.29, 1.82) is 5.26 Å². The van der Waals surface area contributed by atoms with Gasteiger partial charge in [-0.3, -0.25) is 0 Å². The number of nitrogens with one attached hydrogen (secondary N) is 1. The number of anilines is 2. The van der Waals surface area contributed by atoms with Gasteiger partial charge in [0.05, 0.1) is 24.4 Å². The molecule has 0 atom stereocenters. The summed E-state index contributed by atoms with van der Waals surface area (Å²) in [5.41, 5.74) is 1.23. The molecule has 1 aromatic heterocycles. The van der Waals surface area contributed by atoms with Gasteiger partial charge in [0.1, 0.15) is 22.5 Å². The van der Waals surface area contributed by atoms with Gasteiger partial charge in [-0.2, -0.15) is 5.26 Å². The van der Waals surface area contributed by atoms with Gasteiger partial charge in [0.15, 0.2) is 0 Å². The molecular weight excluding hydrogens is 264 g/mol. The average molecular weight is 275 g/mol. The Kier molecular flexibility index (Phi) is 3.83. The van der Waals surface area contributed by atoms with E-state index in [9.17, 15) is 0 Å². The molecule has 0 radical (unpaired) electrons. The number of hydrogen-bond donors (Lipinski definition) is 1. The third-order valence-electron chi connectivity index (χ3n) is 2.40. The summed E-state index contributed by atoms with van der Waals surface area (Å²) in [5.74, 6) is 1.70. The maximum absolute atomic E-state index is 8.85. The first-order valence-electron chi connectivity index (χ1n) is 5.48. The fourth-order valence-electron chi connectivity index (χ4n) is 1.60. The van der Waals surface area contributed by atoms with Crippen LogP contribution in [0.4, 0.5) is 11.5 Å². The van der Waals surface area contributed by atoms with E-state index >= 15 is 0 Å². The number of methoxy groups -OCH3 is 1. The van der Waals surface area contributed by atoms with E-state index in [1.807, 2.05) is 0 Å². The molecule has 0 saturated carbocycles. The molecule has 1 aromatic carbocycles. The number of aromatic nitrogens is 2. The number of benzene rings is 1. The van der Waals surface area contributed by atoms with E-state index in [-0.39, 0.29) is 0 Å². The highest BCUT2D eigenvalue weighted by molar-refractivity contribution is 6.29. The molecule has 19 heavy (non-hydrogen) atoms. The Balaban J connectivity index is 2.35. The Morgan fingerprint density at radius 2 is 2.11 bits per heavy atom. The van der Waals surface area contributed by atoms with Crippen LogP contribution in [0.5, 0.6) is 5.75 Å². The number of nitrogens with zero attached hydrogens (tertiary/aromatic N) is 3. The van der Waals surface area contributed by atoms with E-state index in [1.165, 1.54) is 0 Å². The van der Waals surface area contributed by atoms with Crippen LogP contribution in [0.2, 0.25) is 5.15 Å². The first-order chi connectivity index (χ1) is 9.12. The standard InChI is InChI=1S/C13H11ClN4O/c1-8-16-12(14)6-13(17-8)18-10-4-3-9(7-15)5-11(10)19-2/h3-6H,1-2H3,(H,16,17,18). The predicted molar refractivity (Wildman–Crippen MR) is 72.8 cm³/mol. The maximum atomic E-state index is 8.85. The highest BCUT2D eigenvalue weighted by Gasteiger charge is 2.07. The molecule has 0 aliphatic heterocycles. The minimum atomic E-state index is 0.364. The lowest BCUT2D eigenvalue weighted by Crippen LogP contribution is -1.99. The predicted octanol–water partition coefficient (Wildman–Crippen LogP) is 3.06. The third kappa shape index (κ3) is 3.12. The van der Waals surface area contributed by atoms with Gasteiger partial charge in [0.25, 0.3) is 0 Å². The van der Waals surface area contributed by atoms with E-state index in [0.29, 0.717) is 33.8 Å². The maximum Gasteiger partial charge on any atom is 0.143 e. The molecule has 1 N–H and O–H groups in total. The van der Waals surface area contributed by atoms with Crippen LogP contribution in [0, 0.1) is 18.3 Å². The number of aryl methyl sites for hydroxylation is 1. The molecule has 0 bridgehead atoms. The Labute approximate surface area is 115 Å². The summed E-state index contributed by atoms with van der Waals surface area (Å²) < 4.78 is 5.23. The minimum Gasteiger partial charge on any atom is -0.495 e. The number of rotatable bonds is 3. The number of nitriles is 1. The van der Waals surface area contributed by atoms with Crippen molar-refractivity contribution in [3.05, 3.63) is 40.8 Å². The van der Waals surface area contributed by atoms with Crippen LogP contribution in [-0.2, 0) is 0 Å². The van der Waals surface area contributed by atoms with Crippen LogP contribution < -0.4 is 10.1 Å². The summed E-state index contributed by atoms with van der Waals surface area (Å²) >= 11 is 5.87. The monoisotopic (exact) mass is 274 g/mol. The molecule has 5 nitrogen and oxygen atoms in total. The molecular formula is C13H11ClN4O. The summed E-state index contributed by atoms with van der Waals surface area (Å²) in [5, 5.41) is 12.3. The van der Waals surface area contributed by atoms with Crippen molar-refractivity contribution in [2.75, 3.05) is 12.4 Å². The largest absolute Gasteiger partial charge is 0.495 e. The Morgan fingerprint density at radius 3 is 2.74 bits per heavy atom. The minimum absolute atomic E-state index is 0.364. The van der Waals surface area contributed by atoms with E-state index < -0.39 is 0 Å². The van der Waals surface area contributed by atoms with Crippen LogP contribution in [0.15, 0.2) is 24.3 Å². The van der Waals surface area contributed by atoms with Crippen LogP contribution >= 0.6 is 11.6 Å². The molecule has 1 heterocycles. The zero-order valence-electron chi connectivity index (χ0n) is 10.4. The van der Waals surface area contributed by atoms with Crippen molar-refractivity contribution >= 4 is 23.1 Å². The molecule has 6 heteroatoms. The van der Waals surface area contributed by atoms with Crippen molar-refractivity contribution in [3.8, 4) is 11.8 Å². The quantitative estimate of drug-likeness (QED) is 0.871. The van der Waals surface area contributed by atoms with Crippen LogP contribution in [-0.4, -0.2) is 17.1 Å². The van der Waals surface area contributed by atoms with Crippen LogP contribution in [0.3, 0.4) is 0 Å². The lowest BCUT2D eigenvalue weighted by Gasteiger charge is -2.11. The summed E-state index contributed by atoms with van der Waals surface area (Å²) in [6, 6.07) is 8.77. The summed E-state index contributed by atoms with van der Waals surface area (Å²) in [4.78, 5) is 8.21. The van der Waals surface area contributed by atoms with Crippen molar-refractivity contribution in [2.45, 2.75) is 6.92 Å². The van der Waals surface area contributed by atoms with E-state index in [0.717, 1.165) is 0 Å². The average Bonchev–Trinajstić information content (AvgIpc) is 2.38. The molecule has 2 rings (SSSR count). The van der Waals surface area contributed by atoms with Gasteiger partial charge < -0.3 is 10.1 Å². The van der Waals surface area contributed by atoms with Crippen LogP contribution in [0.25, 0.3) is 0 Å². The summed E-state index contributed by atoms with van der Waals surface area (Å²) in [6.07, 6.45) is 0. The normalized spacial score (nSPS) is 9.79. The van der Waals surface area contributed by atoms with Crippen LogP contribution in [0.1, 0.15) is 11.4 Å². The van der Waals surface area contributed by atoms with Crippen molar-refractivity contribution in [1.82, 2.24) is 9.97 Å². The zero-order valence-corrected chi connectivity index (χ0v) is 11.2. The molecule has 0 unspecified atom stereocenters. The van der Waals surface area contributed by atoms with Gasteiger partial charge in [-0.15, -0.1) is 0 Å². The molecule has 0 saturated heterocycles. The third-order valence-corrected chi connectivity index (χ3v) is 2.59. The van der Waals surface area contributed by atoms with E-state index in [1.54, 1.807) is 38.3 Å². The lowest BCUT2D eigenvalue weighted by molar-refractivity contribution is 0.416. The first-order valence-corrected chi connectivity index (χ1v) is 5.86. The van der Waals surface area contributed by atoms with Gasteiger partial charge in [-0.1, -0.05) is 11.6 Å². The summed E-state index contributed by atoms with van der Waals surface area (Å²) in [7, 11) is 1.54. The van der Waals surface area contributed by atoms with Crippen molar-refractivity contribution in [2.24, 2.45) is 0 Å². The van der Waals surface area contributed by atoms with Gasteiger partial charge in [0.2, 0.25) is 0 Å². The Bertz CT molecular complexity index is 631. The molecule has 0 fully saturated rings. The first kappa shape index (κ1) is 13.1. The molecule has 96 valence electrons. The zero-order chi connectivity index (χ0) is 13.8. The van der Waals surface area contributed by atoms with Crippen molar-refractivity contribution < 1.29 is 4.74 Å². The van der Waals surface area contributed by atoms with Crippen molar-refractivity contribution in [3.63, 3.8) is 0 Å². The number of ether oxygens (including phenoxy) is 1.